The Labute approximate surface area is 107 Å². The summed E-state index contributed by atoms with van der Waals surface area (Å²) in [6, 6.07) is 5.13. The molecule has 5 nitrogen and oxygen atoms in total. The van der Waals surface area contributed by atoms with Gasteiger partial charge in [0.1, 0.15) is 17.6 Å². The van der Waals surface area contributed by atoms with Crippen molar-refractivity contribution < 1.29 is 18.7 Å². The van der Waals surface area contributed by atoms with Gasteiger partial charge in [0.05, 0.1) is 0 Å². The number of benzene rings is 1. The molecular weight excluding hydrogens is 251 g/mol. The Hall–Kier alpha value is -2.76. The topological polar surface area (TPSA) is 82.3 Å². The summed E-state index contributed by atoms with van der Waals surface area (Å²) in [4.78, 5) is 25.4. The molecule has 0 atom stereocenters. The molecule has 0 aliphatic rings. The van der Waals surface area contributed by atoms with Gasteiger partial charge in [0.2, 0.25) is 0 Å². The maximum atomic E-state index is 13.6. The third kappa shape index (κ3) is 2.74. The van der Waals surface area contributed by atoms with E-state index in [0.717, 1.165) is 6.07 Å². The second-order valence-corrected chi connectivity index (χ2v) is 3.65. The smallest absolute Gasteiger partial charge is 0.254 e. The molecule has 1 heterocycles. The Kier molecular flexibility index (Phi) is 3.51. The van der Waals surface area contributed by atoms with Crippen LogP contribution < -0.4 is 10.5 Å². The predicted octanol–water partition coefficient (Wildman–Crippen LogP) is 1.92. The summed E-state index contributed by atoms with van der Waals surface area (Å²) in [5.74, 6) is -1.45. The van der Waals surface area contributed by atoms with Crippen molar-refractivity contribution in [2.75, 3.05) is 0 Å². The summed E-state index contributed by atoms with van der Waals surface area (Å²) in [5, 5.41) is 0. The second-order valence-electron chi connectivity index (χ2n) is 3.65. The van der Waals surface area contributed by atoms with Crippen LogP contribution in [0.15, 0.2) is 36.7 Å². The van der Waals surface area contributed by atoms with Gasteiger partial charge in [-0.15, -0.1) is 0 Å². The Bertz CT molecular complexity index is 644. The number of primary amides is 1. The summed E-state index contributed by atoms with van der Waals surface area (Å²) in [7, 11) is 0. The van der Waals surface area contributed by atoms with Crippen LogP contribution in [0.1, 0.15) is 20.7 Å². The van der Waals surface area contributed by atoms with Gasteiger partial charge in [-0.25, -0.2) is 4.39 Å². The van der Waals surface area contributed by atoms with Gasteiger partial charge in [-0.2, -0.15) is 0 Å². The van der Waals surface area contributed by atoms with Crippen molar-refractivity contribution >= 4 is 12.2 Å². The number of halogens is 1. The number of ether oxygens (including phenoxy) is 1. The lowest BCUT2D eigenvalue weighted by Gasteiger charge is -2.09. The average molecular weight is 260 g/mol. The summed E-state index contributed by atoms with van der Waals surface area (Å²) < 4.78 is 18.9. The minimum Gasteiger partial charge on any atom is -0.453 e. The SMILES string of the molecule is NC(=O)c1cnccc1Oc1ccc(C=O)cc1F. The van der Waals surface area contributed by atoms with E-state index in [2.05, 4.69) is 4.98 Å². The number of pyridine rings is 1. The number of carbonyl (C=O) groups is 2. The molecule has 96 valence electrons. The maximum absolute atomic E-state index is 13.6. The van der Waals surface area contributed by atoms with E-state index in [1.165, 1.54) is 30.6 Å². The molecule has 0 aliphatic heterocycles. The first-order chi connectivity index (χ1) is 9.11. The molecular formula is C13H9FN2O3. The van der Waals surface area contributed by atoms with Crippen LogP contribution in [-0.4, -0.2) is 17.2 Å². The van der Waals surface area contributed by atoms with Crippen LogP contribution in [-0.2, 0) is 0 Å². The predicted molar refractivity (Wildman–Crippen MR) is 64.6 cm³/mol. The molecule has 0 bridgehead atoms. The highest BCUT2D eigenvalue weighted by Gasteiger charge is 2.12. The molecule has 2 N–H and O–H groups in total. The van der Waals surface area contributed by atoms with Crippen LogP contribution in [0.25, 0.3) is 0 Å². The van der Waals surface area contributed by atoms with E-state index in [1.807, 2.05) is 0 Å². The zero-order valence-corrected chi connectivity index (χ0v) is 9.67. The lowest BCUT2D eigenvalue weighted by molar-refractivity contribution is 0.0997. The van der Waals surface area contributed by atoms with Gasteiger partial charge in [0.25, 0.3) is 5.91 Å². The summed E-state index contributed by atoms with van der Waals surface area (Å²) in [6.07, 6.45) is 3.14. The molecule has 6 heteroatoms. The van der Waals surface area contributed by atoms with Gasteiger partial charge in [-0.3, -0.25) is 14.6 Å². The average Bonchev–Trinajstić information content (AvgIpc) is 2.41. The van der Waals surface area contributed by atoms with Crippen LogP contribution >= 0.6 is 0 Å². The molecule has 1 amide bonds. The highest BCUT2D eigenvalue weighted by atomic mass is 19.1. The Morgan fingerprint density at radius 3 is 2.74 bits per heavy atom. The van der Waals surface area contributed by atoms with Crippen LogP contribution in [0.5, 0.6) is 11.5 Å². The molecule has 0 aliphatic carbocycles. The molecule has 0 spiro atoms. The van der Waals surface area contributed by atoms with Crippen LogP contribution in [0.2, 0.25) is 0 Å². The summed E-state index contributed by atoms with van der Waals surface area (Å²) in [6.45, 7) is 0. The largest absolute Gasteiger partial charge is 0.453 e. The lowest BCUT2D eigenvalue weighted by atomic mass is 10.2. The standard InChI is InChI=1S/C13H9FN2O3/c14-10-5-8(7-17)1-2-12(10)19-11-3-4-16-6-9(11)13(15)18/h1-7H,(H2,15,18). The number of carbonyl (C=O) groups excluding carboxylic acids is 2. The van der Waals surface area contributed by atoms with Gasteiger partial charge in [0, 0.05) is 18.0 Å². The van der Waals surface area contributed by atoms with E-state index in [4.69, 9.17) is 10.5 Å². The molecule has 0 fully saturated rings. The fourth-order valence-corrected chi connectivity index (χ4v) is 1.45. The Morgan fingerprint density at radius 2 is 2.11 bits per heavy atom. The molecule has 19 heavy (non-hydrogen) atoms. The maximum Gasteiger partial charge on any atom is 0.254 e. The first-order valence-electron chi connectivity index (χ1n) is 5.28. The molecule has 0 saturated carbocycles. The van der Waals surface area contributed by atoms with E-state index in [-0.39, 0.29) is 22.6 Å². The zero-order valence-electron chi connectivity index (χ0n) is 9.67. The van der Waals surface area contributed by atoms with Gasteiger partial charge in [-0.1, -0.05) is 0 Å². The summed E-state index contributed by atoms with van der Waals surface area (Å²) >= 11 is 0. The highest BCUT2D eigenvalue weighted by molar-refractivity contribution is 5.95. The van der Waals surface area contributed by atoms with Crippen molar-refractivity contribution in [2.24, 2.45) is 5.73 Å². The van der Waals surface area contributed by atoms with Crippen molar-refractivity contribution in [3.05, 3.63) is 53.6 Å². The monoisotopic (exact) mass is 260 g/mol. The molecule has 1 aromatic carbocycles. The minimum atomic E-state index is -0.729. The number of rotatable bonds is 4. The number of nitrogens with zero attached hydrogens (tertiary/aromatic N) is 1. The van der Waals surface area contributed by atoms with E-state index < -0.39 is 11.7 Å². The van der Waals surface area contributed by atoms with Crippen molar-refractivity contribution in [3.63, 3.8) is 0 Å². The molecule has 2 rings (SSSR count). The Balaban J connectivity index is 2.36. The Morgan fingerprint density at radius 1 is 1.32 bits per heavy atom. The van der Waals surface area contributed by atoms with E-state index in [0.29, 0.717) is 6.29 Å². The number of hydrogen-bond acceptors (Lipinski definition) is 4. The third-order valence-electron chi connectivity index (χ3n) is 2.36. The van der Waals surface area contributed by atoms with Crippen molar-refractivity contribution in [1.29, 1.82) is 0 Å². The second kappa shape index (κ2) is 5.26. The van der Waals surface area contributed by atoms with Gasteiger partial charge >= 0.3 is 0 Å². The van der Waals surface area contributed by atoms with E-state index in [1.54, 1.807) is 0 Å². The highest BCUT2D eigenvalue weighted by Crippen LogP contribution is 2.27. The van der Waals surface area contributed by atoms with Crippen molar-refractivity contribution in [2.45, 2.75) is 0 Å². The number of aldehydes is 1. The van der Waals surface area contributed by atoms with Gasteiger partial charge in [-0.05, 0) is 24.3 Å². The molecule has 2 aromatic rings. The number of nitrogens with two attached hydrogens (primary N) is 1. The molecule has 1 aromatic heterocycles. The van der Waals surface area contributed by atoms with E-state index in [9.17, 15) is 14.0 Å². The van der Waals surface area contributed by atoms with Crippen LogP contribution in [0.3, 0.4) is 0 Å². The molecule has 0 radical (unpaired) electrons. The van der Waals surface area contributed by atoms with Crippen molar-refractivity contribution in [1.82, 2.24) is 4.98 Å². The first-order valence-corrected chi connectivity index (χ1v) is 5.28. The molecule has 0 saturated heterocycles. The van der Waals surface area contributed by atoms with Crippen LogP contribution in [0, 0.1) is 5.82 Å². The van der Waals surface area contributed by atoms with Gasteiger partial charge < -0.3 is 10.5 Å². The zero-order chi connectivity index (χ0) is 13.8. The third-order valence-corrected chi connectivity index (χ3v) is 2.36. The first kappa shape index (κ1) is 12.7. The van der Waals surface area contributed by atoms with Crippen molar-refractivity contribution in [3.8, 4) is 11.5 Å². The number of aromatic nitrogens is 1. The summed E-state index contributed by atoms with van der Waals surface area (Å²) in [5.41, 5.74) is 5.39. The normalized spacial score (nSPS) is 9.95. The quantitative estimate of drug-likeness (QED) is 0.851. The molecule has 0 unspecified atom stereocenters. The number of hydrogen-bond donors (Lipinski definition) is 1. The fourth-order valence-electron chi connectivity index (χ4n) is 1.45. The lowest BCUT2D eigenvalue weighted by Crippen LogP contribution is -2.12. The minimum absolute atomic E-state index is 0.0429. The van der Waals surface area contributed by atoms with Crippen LogP contribution in [0.4, 0.5) is 4.39 Å². The number of amides is 1. The van der Waals surface area contributed by atoms with E-state index >= 15 is 0 Å². The fraction of sp³-hybridized carbons (Fsp3) is 0. The van der Waals surface area contributed by atoms with Gasteiger partial charge in [0.15, 0.2) is 11.6 Å².